The molecule has 4 heteroatoms. The molecule has 1 aromatic rings. The molecule has 0 aromatic carbocycles. The number of hydrogen-bond acceptors (Lipinski definition) is 3. The quantitative estimate of drug-likeness (QED) is 0.874. The average Bonchev–Trinajstić information content (AvgIpc) is 2.77. The largest absolute Gasteiger partial charge is 0.381 e. The zero-order chi connectivity index (χ0) is 13.0. The van der Waals surface area contributed by atoms with Crippen LogP contribution in [0.4, 0.5) is 0 Å². The molecular weight excluding hydrogens is 226 g/mol. The number of ether oxygens (including phenoxy) is 1. The highest BCUT2D eigenvalue weighted by atomic mass is 16.5. The van der Waals surface area contributed by atoms with Crippen LogP contribution in [0, 0.1) is 11.8 Å². The fraction of sp³-hybridized carbons (Fsp3) is 0.786. The SMILES string of the molecule is CC(C)CC(N)c1cncn1CC1CCCOC1. The summed E-state index contributed by atoms with van der Waals surface area (Å²) in [6, 6.07) is 0.0945. The van der Waals surface area contributed by atoms with Gasteiger partial charge in [0.25, 0.3) is 0 Å². The third kappa shape index (κ3) is 3.56. The Morgan fingerprint density at radius 2 is 2.39 bits per heavy atom. The third-order valence-corrected chi connectivity index (χ3v) is 3.56. The van der Waals surface area contributed by atoms with E-state index >= 15 is 0 Å². The summed E-state index contributed by atoms with van der Waals surface area (Å²) in [5.74, 6) is 1.22. The molecule has 18 heavy (non-hydrogen) atoms. The van der Waals surface area contributed by atoms with Gasteiger partial charge >= 0.3 is 0 Å². The predicted octanol–water partition coefficient (Wildman–Crippen LogP) is 2.36. The summed E-state index contributed by atoms with van der Waals surface area (Å²) < 4.78 is 7.75. The van der Waals surface area contributed by atoms with Gasteiger partial charge in [0.15, 0.2) is 0 Å². The maximum atomic E-state index is 6.25. The van der Waals surface area contributed by atoms with Gasteiger partial charge in [0.05, 0.1) is 18.6 Å². The Labute approximate surface area is 110 Å². The van der Waals surface area contributed by atoms with Crippen molar-refractivity contribution in [3.05, 3.63) is 18.2 Å². The van der Waals surface area contributed by atoms with E-state index in [0.29, 0.717) is 11.8 Å². The topological polar surface area (TPSA) is 53.1 Å². The lowest BCUT2D eigenvalue weighted by atomic mass is 10.0. The molecule has 2 unspecified atom stereocenters. The predicted molar refractivity (Wildman–Crippen MR) is 72.2 cm³/mol. The van der Waals surface area contributed by atoms with Gasteiger partial charge in [-0.05, 0) is 25.2 Å². The number of aromatic nitrogens is 2. The lowest BCUT2D eigenvalue weighted by Crippen LogP contribution is -2.24. The number of hydrogen-bond donors (Lipinski definition) is 1. The molecule has 0 amide bonds. The van der Waals surface area contributed by atoms with Crippen molar-refractivity contribution in [1.29, 1.82) is 0 Å². The first-order valence-corrected chi connectivity index (χ1v) is 7.00. The second-order valence-corrected chi connectivity index (χ2v) is 5.79. The molecule has 1 aliphatic heterocycles. The van der Waals surface area contributed by atoms with E-state index < -0.39 is 0 Å². The van der Waals surface area contributed by atoms with E-state index in [1.165, 1.54) is 12.8 Å². The van der Waals surface area contributed by atoms with Crippen LogP contribution in [0.5, 0.6) is 0 Å². The van der Waals surface area contributed by atoms with E-state index in [2.05, 4.69) is 23.4 Å². The minimum absolute atomic E-state index is 0.0945. The van der Waals surface area contributed by atoms with Gasteiger partial charge in [0.2, 0.25) is 0 Å². The zero-order valence-electron chi connectivity index (χ0n) is 11.5. The Morgan fingerprint density at radius 3 is 3.06 bits per heavy atom. The lowest BCUT2D eigenvalue weighted by Gasteiger charge is -2.24. The van der Waals surface area contributed by atoms with Gasteiger partial charge in [-0.15, -0.1) is 0 Å². The number of imidazole rings is 1. The lowest BCUT2D eigenvalue weighted by molar-refractivity contribution is 0.0479. The molecule has 1 fully saturated rings. The molecule has 1 aromatic heterocycles. The molecule has 0 aliphatic carbocycles. The first kappa shape index (κ1) is 13.6. The summed E-state index contributed by atoms with van der Waals surface area (Å²) in [6.45, 7) is 7.18. The molecule has 2 atom stereocenters. The summed E-state index contributed by atoms with van der Waals surface area (Å²) >= 11 is 0. The van der Waals surface area contributed by atoms with E-state index in [9.17, 15) is 0 Å². The van der Waals surface area contributed by atoms with Gasteiger partial charge in [-0.25, -0.2) is 4.98 Å². The average molecular weight is 251 g/mol. The molecule has 2 rings (SSSR count). The molecule has 102 valence electrons. The summed E-state index contributed by atoms with van der Waals surface area (Å²) in [4.78, 5) is 4.26. The van der Waals surface area contributed by atoms with Crippen LogP contribution in [0.15, 0.2) is 12.5 Å². The van der Waals surface area contributed by atoms with E-state index in [1.807, 2.05) is 12.5 Å². The van der Waals surface area contributed by atoms with Crippen molar-refractivity contribution in [2.45, 2.75) is 45.7 Å². The fourth-order valence-corrected chi connectivity index (χ4v) is 2.65. The normalized spacial score (nSPS) is 22.3. The number of nitrogens with zero attached hydrogens (tertiary/aromatic N) is 2. The van der Waals surface area contributed by atoms with Crippen molar-refractivity contribution in [3.63, 3.8) is 0 Å². The van der Waals surface area contributed by atoms with E-state index in [4.69, 9.17) is 10.5 Å². The van der Waals surface area contributed by atoms with Gasteiger partial charge in [-0.2, -0.15) is 0 Å². The maximum absolute atomic E-state index is 6.25. The highest BCUT2D eigenvalue weighted by Crippen LogP contribution is 2.21. The molecule has 1 aliphatic rings. The summed E-state index contributed by atoms with van der Waals surface area (Å²) in [6.07, 6.45) is 7.25. The van der Waals surface area contributed by atoms with Crippen molar-refractivity contribution < 1.29 is 4.74 Å². The van der Waals surface area contributed by atoms with E-state index in [0.717, 1.165) is 31.9 Å². The second-order valence-electron chi connectivity index (χ2n) is 5.79. The van der Waals surface area contributed by atoms with Gasteiger partial charge in [0.1, 0.15) is 0 Å². The van der Waals surface area contributed by atoms with Gasteiger partial charge in [-0.1, -0.05) is 13.8 Å². The van der Waals surface area contributed by atoms with Crippen LogP contribution in [0.25, 0.3) is 0 Å². The second kappa shape index (κ2) is 6.34. The van der Waals surface area contributed by atoms with Crippen LogP contribution in [-0.4, -0.2) is 22.8 Å². The van der Waals surface area contributed by atoms with Crippen LogP contribution < -0.4 is 5.73 Å². The highest BCUT2D eigenvalue weighted by molar-refractivity contribution is 5.05. The van der Waals surface area contributed by atoms with E-state index in [1.54, 1.807) is 0 Å². The molecule has 1 saturated heterocycles. The first-order chi connectivity index (χ1) is 8.66. The molecule has 0 spiro atoms. The number of rotatable bonds is 5. The maximum Gasteiger partial charge on any atom is 0.0948 e. The summed E-state index contributed by atoms with van der Waals surface area (Å²) in [5, 5.41) is 0. The minimum atomic E-state index is 0.0945. The van der Waals surface area contributed by atoms with Gasteiger partial charge < -0.3 is 15.0 Å². The van der Waals surface area contributed by atoms with Crippen molar-refractivity contribution in [3.8, 4) is 0 Å². The first-order valence-electron chi connectivity index (χ1n) is 7.00. The molecule has 0 saturated carbocycles. The minimum Gasteiger partial charge on any atom is -0.381 e. The van der Waals surface area contributed by atoms with Crippen molar-refractivity contribution >= 4 is 0 Å². The molecule has 2 heterocycles. The van der Waals surface area contributed by atoms with E-state index in [-0.39, 0.29) is 6.04 Å². The Kier molecular flexibility index (Phi) is 4.78. The Bertz CT molecular complexity index is 356. The van der Waals surface area contributed by atoms with Crippen LogP contribution >= 0.6 is 0 Å². The van der Waals surface area contributed by atoms with Crippen LogP contribution in [0.3, 0.4) is 0 Å². The molecular formula is C14H25N3O. The highest BCUT2D eigenvalue weighted by Gasteiger charge is 2.18. The monoisotopic (exact) mass is 251 g/mol. The Hall–Kier alpha value is -0.870. The molecule has 4 nitrogen and oxygen atoms in total. The van der Waals surface area contributed by atoms with Crippen molar-refractivity contribution in [2.75, 3.05) is 13.2 Å². The van der Waals surface area contributed by atoms with Crippen LogP contribution in [-0.2, 0) is 11.3 Å². The van der Waals surface area contributed by atoms with Crippen molar-refractivity contribution in [1.82, 2.24) is 9.55 Å². The smallest absolute Gasteiger partial charge is 0.0948 e. The third-order valence-electron chi connectivity index (χ3n) is 3.56. The van der Waals surface area contributed by atoms with Gasteiger partial charge in [0, 0.05) is 31.3 Å². The molecule has 0 bridgehead atoms. The Morgan fingerprint density at radius 1 is 1.56 bits per heavy atom. The zero-order valence-corrected chi connectivity index (χ0v) is 11.5. The van der Waals surface area contributed by atoms with Crippen LogP contribution in [0.2, 0.25) is 0 Å². The number of nitrogens with two attached hydrogens (primary N) is 1. The summed E-state index contributed by atoms with van der Waals surface area (Å²) in [5.41, 5.74) is 7.42. The summed E-state index contributed by atoms with van der Waals surface area (Å²) in [7, 11) is 0. The van der Waals surface area contributed by atoms with Gasteiger partial charge in [-0.3, -0.25) is 0 Å². The molecule has 0 radical (unpaired) electrons. The van der Waals surface area contributed by atoms with Crippen molar-refractivity contribution in [2.24, 2.45) is 17.6 Å². The standard InChI is InChI=1S/C14H25N3O/c1-11(2)6-13(15)14-7-16-10-17(14)8-12-4-3-5-18-9-12/h7,10-13H,3-6,8-9,15H2,1-2H3. The van der Waals surface area contributed by atoms with Crippen LogP contribution in [0.1, 0.15) is 44.8 Å². The fourth-order valence-electron chi connectivity index (χ4n) is 2.65. The Balaban J connectivity index is 1.98. The molecule has 2 N–H and O–H groups in total.